The summed E-state index contributed by atoms with van der Waals surface area (Å²) in [7, 11) is 1.69. The Hall–Kier alpha value is -2.10. The van der Waals surface area contributed by atoms with Crippen LogP contribution in [0, 0.1) is 0 Å². The van der Waals surface area contributed by atoms with Gasteiger partial charge in [-0.3, -0.25) is 4.79 Å². The van der Waals surface area contributed by atoms with Gasteiger partial charge in [-0.15, -0.1) is 0 Å². The Kier molecular flexibility index (Phi) is 5.17. The van der Waals surface area contributed by atoms with Crippen LogP contribution in [0.3, 0.4) is 0 Å². The van der Waals surface area contributed by atoms with Crippen LogP contribution < -0.4 is 10.5 Å². The lowest BCUT2D eigenvalue weighted by Crippen LogP contribution is -2.63. The van der Waals surface area contributed by atoms with Gasteiger partial charge in [-0.25, -0.2) is 9.78 Å². The molecule has 1 aromatic rings. The van der Waals surface area contributed by atoms with Crippen molar-refractivity contribution in [2.75, 3.05) is 18.0 Å². The van der Waals surface area contributed by atoms with Gasteiger partial charge in [0, 0.05) is 19.4 Å². The minimum Gasteiger partial charge on any atom is -0.475 e. The van der Waals surface area contributed by atoms with E-state index in [1.54, 1.807) is 19.4 Å². The number of carbonyl (C=O) groups is 1. The Balaban J connectivity index is 0.000000295. The predicted octanol–water partition coefficient (Wildman–Crippen LogP) is 0.375. The Labute approximate surface area is 123 Å². The maximum atomic E-state index is 11.7. The zero-order chi connectivity index (χ0) is 17.1. The van der Waals surface area contributed by atoms with Gasteiger partial charge in [0.15, 0.2) is 5.82 Å². The Bertz CT molecular complexity index is 594. The molecule has 2 rings (SSSR count). The van der Waals surface area contributed by atoms with Crippen LogP contribution in [0.1, 0.15) is 13.3 Å². The molecule has 0 bridgehead atoms. The van der Waals surface area contributed by atoms with Crippen molar-refractivity contribution in [1.29, 1.82) is 0 Å². The van der Waals surface area contributed by atoms with Crippen LogP contribution in [0.4, 0.5) is 19.0 Å². The van der Waals surface area contributed by atoms with Gasteiger partial charge >= 0.3 is 12.1 Å². The molecule has 0 spiro atoms. The van der Waals surface area contributed by atoms with Crippen molar-refractivity contribution < 1.29 is 28.2 Å². The SMILES string of the molecule is CCC1(O)CN(c2nccn(C)c2=O)C1.O=C(O)C(F)(F)F. The Morgan fingerprint density at radius 3 is 2.36 bits per heavy atom. The lowest BCUT2D eigenvalue weighted by atomic mass is 9.91. The molecule has 0 unspecified atom stereocenters. The molecule has 0 radical (unpaired) electrons. The molecule has 0 aromatic carbocycles. The van der Waals surface area contributed by atoms with Gasteiger partial charge in [0.1, 0.15) is 0 Å². The standard InChI is InChI=1S/C10H15N3O2.C2HF3O2/c1-3-10(15)6-13(7-10)8-9(14)12(2)5-4-11-8;3-2(4,5)1(6)7/h4-5,15H,3,6-7H2,1-2H3;(H,6,7). The van der Waals surface area contributed by atoms with E-state index < -0.39 is 17.7 Å². The number of nitrogens with zero attached hydrogens (tertiary/aromatic N) is 3. The summed E-state index contributed by atoms with van der Waals surface area (Å²) >= 11 is 0. The quantitative estimate of drug-likeness (QED) is 0.817. The van der Waals surface area contributed by atoms with E-state index in [-0.39, 0.29) is 5.56 Å². The molecule has 124 valence electrons. The third-order valence-corrected chi connectivity index (χ3v) is 3.17. The van der Waals surface area contributed by atoms with Gasteiger partial charge in [-0.05, 0) is 6.42 Å². The lowest BCUT2D eigenvalue weighted by Gasteiger charge is -2.46. The smallest absolute Gasteiger partial charge is 0.475 e. The minimum absolute atomic E-state index is 0.115. The first-order valence-corrected chi connectivity index (χ1v) is 6.29. The number of halogens is 3. The first-order valence-electron chi connectivity index (χ1n) is 6.29. The average molecular weight is 323 g/mol. The van der Waals surface area contributed by atoms with Crippen LogP contribution in [0.5, 0.6) is 0 Å². The van der Waals surface area contributed by atoms with Crippen LogP contribution in [-0.4, -0.2) is 50.6 Å². The Morgan fingerprint density at radius 1 is 1.45 bits per heavy atom. The fourth-order valence-corrected chi connectivity index (χ4v) is 1.74. The molecule has 1 aliphatic rings. The van der Waals surface area contributed by atoms with Crippen molar-refractivity contribution in [3.63, 3.8) is 0 Å². The van der Waals surface area contributed by atoms with Gasteiger partial charge < -0.3 is 19.7 Å². The van der Waals surface area contributed by atoms with Crippen LogP contribution in [0.15, 0.2) is 17.2 Å². The fraction of sp³-hybridized carbons (Fsp3) is 0.583. The molecule has 0 saturated carbocycles. The van der Waals surface area contributed by atoms with Crippen molar-refractivity contribution in [2.24, 2.45) is 7.05 Å². The molecule has 1 aliphatic heterocycles. The summed E-state index contributed by atoms with van der Waals surface area (Å²) in [6.07, 6.45) is -1.16. The molecule has 2 heterocycles. The highest BCUT2D eigenvalue weighted by molar-refractivity contribution is 5.73. The normalized spacial score (nSPS) is 16.4. The van der Waals surface area contributed by atoms with Crippen molar-refractivity contribution in [2.45, 2.75) is 25.1 Å². The molecule has 10 heteroatoms. The van der Waals surface area contributed by atoms with E-state index in [1.807, 2.05) is 11.8 Å². The lowest BCUT2D eigenvalue weighted by molar-refractivity contribution is -0.192. The summed E-state index contributed by atoms with van der Waals surface area (Å²) in [5.41, 5.74) is -0.752. The summed E-state index contributed by atoms with van der Waals surface area (Å²) in [6.45, 7) is 2.93. The molecule has 1 fully saturated rings. The number of carboxylic acid groups (broad SMARTS) is 1. The zero-order valence-electron chi connectivity index (χ0n) is 12.0. The van der Waals surface area contributed by atoms with Crippen molar-refractivity contribution in [3.8, 4) is 0 Å². The number of rotatable bonds is 2. The van der Waals surface area contributed by atoms with E-state index in [0.717, 1.165) is 0 Å². The first-order chi connectivity index (χ1) is 10.00. The molecule has 2 N–H and O–H groups in total. The zero-order valence-corrected chi connectivity index (χ0v) is 12.0. The summed E-state index contributed by atoms with van der Waals surface area (Å²) < 4.78 is 33.2. The summed E-state index contributed by atoms with van der Waals surface area (Å²) in [4.78, 5) is 26.4. The van der Waals surface area contributed by atoms with E-state index in [2.05, 4.69) is 4.98 Å². The molecule has 0 aliphatic carbocycles. The number of hydrogen-bond acceptors (Lipinski definition) is 5. The summed E-state index contributed by atoms with van der Waals surface area (Å²) in [5, 5.41) is 17.0. The maximum Gasteiger partial charge on any atom is 0.490 e. The number of aromatic nitrogens is 2. The third-order valence-electron chi connectivity index (χ3n) is 3.17. The number of β-amino-alcohol motifs (C(OH)–C–C–N with tert-alkyl or cyclic N) is 1. The second-order valence-corrected chi connectivity index (χ2v) is 4.90. The van der Waals surface area contributed by atoms with E-state index >= 15 is 0 Å². The second kappa shape index (κ2) is 6.34. The molecule has 7 nitrogen and oxygen atoms in total. The van der Waals surface area contributed by atoms with Gasteiger partial charge in [-0.2, -0.15) is 13.2 Å². The average Bonchev–Trinajstić information content (AvgIpc) is 2.38. The Morgan fingerprint density at radius 2 is 1.95 bits per heavy atom. The highest BCUT2D eigenvalue weighted by Gasteiger charge is 2.41. The van der Waals surface area contributed by atoms with Gasteiger partial charge in [0.2, 0.25) is 0 Å². The van der Waals surface area contributed by atoms with Gasteiger partial charge in [-0.1, -0.05) is 6.92 Å². The molecule has 1 aromatic heterocycles. The largest absolute Gasteiger partial charge is 0.490 e. The highest BCUT2D eigenvalue weighted by Crippen LogP contribution is 2.26. The summed E-state index contributed by atoms with van der Waals surface area (Å²) in [6, 6.07) is 0. The topological polar surface area (TPSA) is 95.7 Å². The van der Waals surface area contributed by atoms with Gasteiger partial charge in [0.25, 0.3) is 5.56 Å². The molecule has 1 saturated heterocycles. The van der Waals surface area contributed by atoms with E-state index in [0.29, 0.717) is 25.3 Å². The van der Waals surface area contributed by atoms with Gasteiger partial charge in [0.05, 0.1) is 18.7 Å². The molecule has 0 amide bonds. The fourth-order valence-electron chi connectivity index (χ4n) is 1.74. The maximum absolute atomic E-state index is 11.7. The third kappa shape index (κ3) is 4.20. The number of aliphatic hydroxyl groups is 1. The molecule has 0 atom stereocenters. The number of anilines is 1. The van der Waals surface area contributed by atoms with E-state index in [9.17, 15) is 23.1 Å². The van der Waals surface area contributed by atoms with E-state index in [1.165, 1.54) is 4.57 Å². The molecular formula is C12H16F3N3O4. The van der Waals surface area contributed by atoms with Crippen LogP contribution >= 0.6 is 0 Å². The second-order valence-electron chi connectivity index (χ2n) is 4.90. The monoisotopic (exact) mass is 323 g/mol. The van der Waals surface area contributed by atoms with Crippen molar-refractivity contribution in [3.05, 3.63) is 22.7 Å². The molecule has 22 heavy (non-hydrogen) atoms. The minimum atomic E-state index is -5.08. The number of carboxylic acids is 1. The molecular weight excluding hydrogens is 307 g/mol. The number of alkyl halides is 3. The highest BCUT2D eigenvalue weighted by atomic mass is 19.4. The number of hydrogen-bond donors (Lipinski definition) is 2. The van der Waals surface area contributed by atoms with Crippen LogP contribution in [-0.2, 0) is 11.8 Å². The number of aliphatic carboxylic acids is 1. The van der Waals surface area contributed by atoms with Crippen LogP contribution in [0.25, 0.3) is 0 Å². The van der Waals surface area contributed by atoms with Crippen molar-refractivity contribution in [1.82, 2.24) is 9.55 Å². The van der Waals surface area contributed by atoms with Crippen molar-refractivity contribution >= 4 is 11.8 Å². The van der Waals surface area contributed by atoms with E-state index in [4.69, 9.17) is 9.90 Å². The first kappa shape index (κ1) is 18.0. The van der Waals surface area contributed by atoms with Crippen LogP contribution in [0.2, 0.25) is 0 Å². The predicted molar refractivity (Wildman–Crippen MR) is 70.6 cm³/mol. The summed E-state index contributed by atoms with van der Waals surface area (Å²) in [5.74, 6) is -2.33. The number of aryl methyl sites for hydroxylation is 1.